The van der Waals surface area contributed by atoms with Gasteiger partial charge < -0.3 is 0 Å². The van der Waals surface area contributed by atoms with Crippen molar-refractivity contribution in [3.05, 3.63) is 62.3 Å². The van der Waals surface area contributed by atoms with Crippen molar-refractivity contribution in [3.63, 3.8) is 0 Å². The van der Waals surface area contributed by atoms with Gasteiger partial charge in [0.2, 0.25) is 0 Å². The molecule has 2 aromatic carbocycles. The van der Waals surface area contributed by atoms with Gasteiger partial charge in [-0.25, -0.2) is 3.96 Å². The van der Waals surface area contributed by atoms with Crippen LogP contribution in [0.5, 0.6) is 0 Å². The summed E-state index contributed by atoms with van der Waals surface area (Å²) in [6.45, 7) is 0. The second-order valence-corrected chi connectivity index (χ2v) is 6.06. The topological polar surface area (TPSA) is 22.0 Å². The van der Waals surface area contributed by atoms with Gasteiger partial charge in [-0.05, 0) is 46.3 Å². The van der Waals surface area contributed by atoms with Gasteiger partial charge in [0.05, 0.1) is 15.8 Å². The molecule has 0 aliphatic heterocycles. The number of halogens is 2. The Kier molecular flexibility index (Phi) is 3.01. The molecule has 0 unspecified atom stereocenters. The van der Waals surface area contributed by atoms with Crippen LogP contribution in [0.3, 0.4) is 0 Å². The molecule has 3 aromatic rings. The molecule has 2 nitrogen and oxygen atoms in total. The fourth-order valence-corrected chi connectivity index (χ4v) is 3.78. The van der Waals surface area contributed by atoms with E-state index in [9.17, 15) is 4.79 Å². The van der Waals surface area contributed by atoms with Crippen molar-refractivity contribution in [2.45, 2.75) is 0 Å². The minimum absolute atomic E-state index is 0.00128. The summed E-state index contributed by atoms with van der Waals surface area (Å²) in [4.78, 5) is 12.3. The van der Waals surface area contributed by atoms with Gasteiger partial charge in [0.25, 0.3) is 5.56 Å². The van der Waals surface area contributed by atoms with Crippen LogP contribution in [0.2, 0.25) is 5.02 Å². The molecule has 1 heterocycles. The summed E-state index contributed by atoms with van der Waals surface area (Å²) in [6.07, 6.45) is 0. The van der Waals surface area contributed by atoms with E-state index in [2.05, 4.69) is 15.9 Å². The van der Waals surface area contributed by atoms with Gasteiger partial charge in [0.15, 0.2) is 0 Å². The fraction of sp³-hybridized carbons (Fsp3) is 0. The summed E-state index contributed by atoms with van der Waals surface area (Å²) < 4.78 is 3.46. The molecule has 0 fully saturated rings. The van der Waals surface area contributed by atoms with Crippen LogP contribution in [-0.4, -0.2) is 3.96 Å². The van der Waals surface area contributed by atoms with Gasteiger partial charge in [-0.1, -0.05) is 35.3 Å². The molecular weight excluding hydrogens is 334 g/mol. The third kappa shape index (κ3) is 1.90. The molecule has 0 bridgehead atoms. The zero-order valence-electron chi connectivity index (χ0n) is 9.06. The number of fused-ring (bicyclic) bond motifs is 1. The quantitative estimate of drug-likeness (QED) is 0.640. The van der Waals surface area contributed by atoms with Crippen LogP contribution in [0.15, 0.2) is 51.7 Å². The Labute approximate surface area is 121 Å². The molecule has 0 amide bonds. The van der Waals surface area contributed by atoms with Gasteiger partial charge in [0.1, 0.15) is 0 Å². The van der Waals surface area contributed by atoms with E-state index in [-0.39, 0.29) is 5.56 Å². The van der Waals surface area contributed by atoms with Gasteiger partial charge in [-0.2, -0.15) is 0 Å². The summed E-state index contributed by atoms with van der Waals surface area (Å²) in [5.41, 5.74) is 0.809. The Balaban J connectivity index is 2.32. The van der Waals surface area contributed by atoms with Gasteiger partial charge in [-0.15, -0.1) is 0 Å². The molecule has 0 saturated heterocycles. The van der Waals surface area contributed by atoms with Crippen molar-refractivity contribution in [3.8, 4) is 5.69 Å². The van der Waals surface area contributed by atoms with E-state index in [1.54, 1.807) is 16.1 Å². The number of benzene rings is 2. The van der Waals surface area contributed by atoms with Crippen LogP contribution in [0.25, 0.3) is 15.8 Å². The first-order valence-electron chi connectivity index (χ1n) is 5.23. The molecule has 0 saturated carbocycles. The molecule has 0 aliphatic carbocycles. The van der Waals surface area contributed by atoms with Crippen molar-refractivity contribution in [1.82, 2.24) is 3.96 Å². The summed E-state index contributed by atoms with van der Waals surface area (Å²) in [5.74, 6) is 0. The Bertz CT molecular complexity index is 793. The summed E-state index contributed by atoms with van der Waals surface area (Å²) in [5, 5.41) is 1.38. The zero-order chi connectivity index (χ0) is 12.7. The third-order valence-electron chi connectivity index (χ3n) is 2.62. The summed E-state index contributed by atoms with van der Waals surface area (Å²) >= 11 is 10.8. The SMILES string of the molecule is O=c1c2ccccc2sn1-c1ccc(Cl)cc1Br. The summed E-state index contributed by atoms with van der Waals surface area (Å²) in [7, 11) is 0. The van der Waals surface area contributed by atoms with E-state index in [4.69, 9.17) is 11.6 Å². The van der Waals surface area contributed by atoms with Gasteiger partial charge >= 0.3 is 0 Å². The van der Waals surface area contributed by atoms with Crippen molar-refractivity contribution in [2.75, 3.05) is 0 Å². The van der Waals surface area contributed by atoms with Crippen LogP contribution in [-0.2, 0) is 0 Å². The van der Waals surface area contributed by atoms with Crippen LogP contribution < -0.4 is 5.56 Å². The Morgan fingerprint density at radius 2 is 1.94 bits per heavy atom. The maximum absolute atomic E-state index is 12.3. The highest BCUT2D eigenvalue weighted by Gasteiger charge is 2.11. The fourth-order valence-electron chi connectivity index (χ4n) is 1.78. The minimum Gasteiger partial charge on any atom is -0.267 e. The molecule has 0 N–H and O–H groups in total. The third-order valence-corrected chi connectivity index (χ3v) is 4.59. The molecule has 1 aromatic heterocycles. The molecule has 3 rings (SSSR count). The van der Waals surface area contributed by atoms with Gasteiger partial charge in [-0.3, -0.25) is 4.79 Å². The van der Waals surface area contributed by atoms with E-state index in [1.807, 2.05) is 30.3 Å². The zero-order valence-corrected chi connectivity index (χ0v) is 12.2. The van der Waals surface area contributed by atoms with Crippen LogP contribution >= 0.6 is 39.1 Å². The van der Waals surface area contributed by atoms with Crippen LogP contribution in [0.4, 0.5) is 0 Å². The minimum atomic E-state index is -0.00128. The van der Waals surface area contributed by atoms with Crippen molar-refractivity contribution < 1.29 is 0 Å². The largest absolute Gasteiger partial charge is 0.273 e. The average molecular weight is 341 g/mol. The van der Waals surface area contributed by atoms with Crippen molar-refractivity contribution in [1.29, 1.82) is 0 Å². The maximum atomic E-state index is 12.3. The van der Waals surface area contributed by atoms with E-state index in [0.29, 0.717) is 5.02 Å². The standard InChI is InChI=1S/C13H7BrClNOS/c14-10-7-8(15)5-6-11(10)16-13(17)9-3-1-2-4-12(9)18-16/h1-7H. The van der Waals surface area contributed by atoms with E-state index in [1.165, 1.54) is 11.5 Å². The molecular formula is C13H7BrClNOS. The number of hydrogen-bond donors (Lipinski definition) is 0. The molecule has 0 radical (unpaired) electrons. The molecule has 0 aliphatic rings. The highest BCUT2D eigenvalue weighted by Crippen LogP contribution is 2.27. The monoisotopic (exact) mass is 339 g/mol. The highest BCUT2D eigenvalue weighted by molar-refractivity contribution is 9.10. The molecule has 5 heteroatoms. The number of rotatable bonds is 1. The first-order valence-corrected chi connectivity index (χ1v) is 7.18. The predicted molar refractivity (Wildman–Crippen MR) is 80.1 cm³/mol. The lowest BCUT2D eigenvalue weighted by molar-refractivity contribution is 1.13. The molecule has 90 valence electrons. The van der Waals surface area contributed by atoms with Crippen LogP contribution in [0.1, 0.15) is 0 Å². The first kappa shape index (κ1) is 12.0. The second-order valence-electron chi connectivity index (χ2n) is 3.78. The van der Waals surface area contributed by atoms with Crippen LogP contribution in [0, 0.1) is 0 Å². The number of hydrogen-bond acceptors (Lipinski definition) is 2. The lowest BCUT2D eigenvalue weighted by atomic mass is 10.3. The van der Waals surface area contributed by atoms with E-state index in [0.717, 1.165) is 20.2 Å². The number of aromatic nitrogens is 1. The Morgan fingerprint density at radius 1 is 1.17 bits per heavy atom. The normalized spacial score (nSPS) is 11.0. The highest BCUT2D eigenvalue weighted by atomic mass is 79.9. The molecule has 0 spiro atoms. The van der Waals surface area contributed by atoms with Gasteiger partial charge in [0, 0.05) is 9.50 Å². The Morgan fingerprint density at radius 3 is 2.67 bits per heavy atom. The lowest BCUT2D eigenvalue weighted by Crippen LogP contribution is -2.10. The summed E-state index contributed by atoms with van der Waals surface area (Å²) in [6, 6.07) is 13.0. The van der Waals surface area contributed by atoms with Crippen molar-refractivity contribution in [2.24, 2.45) is 0 Å². The predicted octanol–water partition coefficient (Wildman–Crippen LogP) is 4.47. The molecule has 18 heavy (non-hydrogen) atoms. The first-order chi connectivity index (χ1) is 8.66. The van der Waals surface area contributed by atoms with Crippen molar-refractivity contribution >= 4 is 49.1 Å². The van der Waals surface area contributed by atoms with E-state index < -0.39 is 0 Å². The maximum Gasteiger partial charge on any atom is 0.273 e. The lowest BCUT2D eigenvalue weighted by Gasteiger charge is -2.03. The second kappa shape index (κ2) is 4.53. The average Bonchev–Trinajstić information content (AvgIpc) is 2.68. The molecule has 0 atom stereocenters. The Hall–Kier alpha value is -1.10. The smallest absolute Gasteiger partial charge is 0.267 e. The number of nitrogens with zero attached hydrogens (tertiary/aromatic N) is 1. The van der Waals surface area contributed by atoms with E-state index >= 15 is 0 Å².